The third-order valence-corrected chi connectivity index (χ3v) is 19.1. The molecule has 4 bridgehead atoms. The zero-order valence-corrected chi connectivity index (χ0v) is 33.9. The van der Waals surface area contributed by atoms with Gasteiger partial charge in [0.05, 0.1) is 30.0 Å². The van der Waals surface area contributed by atoms with Crippen LogP contribution in [0.3, 0.4) is 0 Å². The fourth-order valence-corrected chi connectivity index (χ4v) is 16.7. The van der Waals surface area contributed by atoms with Crippen LogP contribution in [0.15, 0.2) is 35.9 Å². The van der Waals surface area contributed by atoms with Crippen molar-refractivity contribution in [1.82, 2.24) is 5.32 Å². The highest BCUT2D eigenvalue weighted by molar-refractivity contribution is 5.86. The summed E-state index contributed by atoms with van der Waals surface area (Å²) in [5.41, 5.74) is -5.69. The van der Waals surface area contributed by atoms with Crippen LogP contribution in [0.1, 0.15) is 114 Å². The first-order valence-electron chi connectivity index (χ1n) is 22.7. The van der Waals surface area contributed by atoms with Crippen LogP contribution in [0.2, 0.25) is 0 Å². The third-order valence-electron chi connectivity index (χ3n) is 19.1. The number of benzene rings is 1. The van der Waals surface area contributed by atoms with Gasteiger partial charge in [-0.25, -0.2) is 4.79 Å². The molecule has 1 heterocycles. The van der Waals surface area contributed by atoms with Gasteiger partial charge in [0, 0.05) is 53.2 Å². The van der Waals surface area contributed by atoms with Crippen molar-refractivity contribution in [2.75, 3.05) is 6.73 Å². The number of hydrogen-bond acceptors (Lipinski definition) is 10. The number of hydrogen-bond donors (Lipinski definition) is 7. The molecule has 0 saturated heterocycles. The zero-order valence-electron chi connectivity index (χ0n) is 33.9. The van der Waals surface area contributed by atoms with Gasteiger partial charge >= 0.3 is 5.97 Å². The Morgan fingerprint density at radius 1 is 0.948 bits per heavy atom. The van der Waals surface area contributed by atoms with Crippen LogP contribution in [-0.4, -0.2) is 90.8 Å². The van der Waals surface area contributed by atoms with E-state index in [1.54, 1.807) is 6.08 Å². The van der Waals surface area contributed by atoms with E-state index in [-0.39, 0.29) is 55.7 Å². The molecule has 10 heteroatoms. The maximum Gasteiger partial charge on any atom is 0.331 e. The topological polar surface area (TPSA) is 177 Å². The van der Waals surface area contributed by atoms with Gasteiger partial charge in [-0.1, -0.05) is 62.6 Å². The predicted octanol–water partition coefficient (Wildman–Crippen LogP) is 3.95. The zero-order chi connectivity index (χ0) is 40.4. The number of carbonyl (C=O) groups is 2. The van der Waals surface area contributed by atoms with Gasteiger partial charge in [0.2, 0.25) is 0 Å². The average Bonchev–Trinajstić information content (AvgIpc) is 3.92. The van der Waals surface area contributed by atoms with Crippen molar-refractivity contribution in [1.29, 1.82) is 0 Å². The maximum absolute atomic E-state index is 14.1. The van der Waals surface area contributed by atoms with E-state index in [1.165, 1.54) is 12.8 Å². The lowest BCUT2D eigenvalue weighted by Crippen LogP contribution is -2.85. The van der Waals surface area contributed by atoms with Gasteiger partial charge in [-0.15, -0.1) is 0 Å². The molecular formula is C48H63NO9. The highest BCUT2D eigenvalue weighted by Crippen LogP contribution is 2.77. The molecule has 314 valence electrons. The second kappa shape index (κ2) is 14.0. The van der Waals surface area contributed by atoms with Gasteiger partial charge in [0.15, 0.2) is 0 Å². The second-order valence-electron chi connectivity index (χ2n) is 20.6. The molecule has 10 rings (SSSR count). The van der Waals surface area contributed by atoms with Gasteiger partial charge in [-0.3, -0.25) is 5.32 Å². The minimum absolute atomic E-state index is 0.108. The van der Waals surface area contributed by atoms with Gasteiger partial charge in [0.25, 0.3) is 0 Å². The van der Waals surface area contributed by atoms with E-state index in [0.717, 1.165) is 42.2 Å². The lowest BCUT2D eigenvalue weighted by atomic mass is 9.35. The maximum atomic E-state index is 14.1. The normalized spacial score (nSPS) is 49.7. The summed E-state index contributed by atoms with van der Waals surface area (Å²) in [5.74, 6) is 3.94. The third kappa shape index (κ3) is 5.05. The van der Waals surface area contributed by atoms with Crippen LogP contribution in [0.5, 0.6) is 0 Å². The van der Waals surface area contributed by atoms with Crippen molar-refractivity contribution in [3.63, 3.8) is 0 Å². The van der Waals surface area contributed by atoms with E-state index in [2.05, 4.69) is 30.1 Å². The molecule has 10 nitrogen and oxygen atoms in total. The van der Waals surface area contributed by atoms with Crippen LogP contribution in [0.4, 0.5) is 0 Å². The molecule has 0 unspecified atom stereocenters. The van der Waals surface area contributed by atoms with Crippen LogP contribution in [0.25, 0.3) is 0 Å². The number of esters is 1. The quantitative estimate of drug-likeness (QED) is 0.100. The Hall–Kier alpha value is -2.62. The number of aliphatic hydroxyl groups excluding tert-OH is 3. The molecule has 7 fully saturated rings. The van der Waals surface area contributed by atoms with Crippen molar-refractivity contribution < 1.29 is 45.0 Å². The number of ether oxygens (including phenoxy) is 1. The van der Waals surface area contributed by atoms with Crippen molar-refractivity contribution in [3.05, 3.63) is 47.0 Å². The molecule has 0 aromatic heterocycles. The number of aldehydes is 1. The standard InChI is InChI=1S/C48H63NO9/c1-27(28-8-2-3-9-28)30-13-14-35-38(52)15-18-45(25-50)39-16-19-44-17-7-6-11-29-10-4-5-12-31(29)22-37(49-26-51)33-20-32(41(44)34-23-40(53)58-42(33)34)24-46(44,55)48(39,57)43(54)36(21-30)47(35,45)56/h4-5,10,12,23,25,27-28,30,32-33,35-39,41-43,49,51-52,54-57H,2-3,7-9,13-22,24,26H2,1H3/t27-,30-,32+,33+,35+,36+,37-,38+,39-,41-,42+,43+,44-,45+,46-,47-,48-/m1/s1. The first-order valence-corrected chi connectivity index (χ1v) is 22.7. The Labute approximate surface area is 342 Å². The molecule has 0 radical (unpaired) electrons. The van der Waals surface area contributed by atoms with E-state index in [1.807, 2.05) is 18.2 Å². The lowest BCUT2D eigenvalue weighted by Gasteiger charge is -2.73. The molecule has 8 aliphatic carbocycles. The first kappa shape index (κ1) is 39.5. The van der Waals surface area contributed by atoms with Crippen molar-refractivity contribution in [2.45, 2.75) is 151 Å². The summed E-state index contributed by atoms with van der Waals surface area (Å²) in [6, 6.07) is 7.68. The summed E-state index contributed by atoms with van der Waals surface area (Å²) in [6.07, 6.45) is 8.95. The first-order chi connectivity index (χ1) is 27.9. The second-order valence-corrected chi connectivity index (χ2v) is 20.6. The lowest BCUT2D eigenvalue weighted by molar-refractivity contribution is -0.375. The minimum atomic E-state index is -2.19. The minimum Gasteiger partial charge on any atom is -0.454 e. The van der Waals surface area contributed by atoms with Gasteiger partial charge in [0.1, 0.15) is 23.6 Å². The van der Waals surface area contributed by atoms with Crippen molar-refractivity contribution in [2.24, 2.45) is 64.1 Å². The Bertz CT molecular complexity index is 1920. The fourth-order valence-electron chi connectivity index (χ4n) is 16.7. The van der Waals surface area contributed by atoms with Crippen molar-refractivity contribution >= 4 is 12.3 Å². The summed E-state index contributed by atoms with van der Waals surface area (Å²) in [5, 5.41) is 80.2. The van der Waals surface area contributed by atoms with E-state index in [9.17, 15) is 40.2 Å². The largest absolute Gasteiger partial charge is 0.454 e. The molecule has 7 saturated carbocycles. The molecule has 9 aliphatic rings. The van der Waals surface area contributed by atoms with Crippen LogP contribution >= 0.6 is 0 Å². The van der Waals surface area contributed by atoms with Crippen LogP contribution in [0, 0.1) is 75.9 Å². The Morgan fingerprint density at radius 3 is 2.52 bits per heavy atom. The predicted molar refractivity (Wildman–Crippen MR) is 213 cm³/mol. The molecule has 1 aliphatic heterocycles. The monoisotopic (exact) mass is 797 g/mol. The highest BCUT2D eigenvalue weighted by Gasteiger charge is 2.85. The molecule has 1 spiro atoms. The van der Waals surface area contributed by atoms with E-state index < -0.39 is 69.7 Å². The summed E-state index contributed by atoms with van der Waals surface area (Å²) < 4.78 is 6.18. The number of carbonyl (C=O) groups excluding carboxylic acids is 2. The molecule has 1 aromatic rings. The molecule has 0 amide bonds. The van der Waals surface area contributed by atoms with E-state index in [4.69, 9.17) is 4.74 Å². The van der Waals surface area contributed by atoms with E-state index >= 15 is 0 Å². The SMILES string of the molecule is C[C@H](C1CCCC1)[C@@H]1CC[C@H]2[C@@H](O)CC[C@]3(C=O)[C@H]4CC[C@@]56CCC#Cc7ccccc7C[C@@H](NCO)[C@@H]7C[C@@H](C[C@]5(O)[C@]4(O)[C@@H](O)[C@H](C1)[C@]23O)[C@@H]6C1=CC(=O)O[C@H]17. The van der Waals surface area contributed by atoms with E-state index in [0.29, 0.717) is 63.2 Å². The molecule has 1 aromatic carbocycles. The number of fused-ring (bicyclic) bond motifs is 7. The van der Waals surface area contributed by atoms with Gasteiger partial charge in [-0.05, 0) is 117 Å². The molecular weight excluding hydrogens is 735 g/mol. The summed E-state index contributed by atoms with van der Waals surface area (Å²) in [7, 11) is 0. The van der Waals surface area contributed by atoms with Crippen LogP contribution < -0.4 is 5.32 Å². The Balaban J connectivity index is 1.14. The van der Waals surface area contributed by atoms with Crippen LogP contribution in [-0.2, 0) is 20.7 Å². The Morgan fingerprint density at radius 2 is 1.74 bits per heavy atom. The number of rotatable bonds is 5. The molecule has 58 heavy (non-hydrogen) atoms. The Kier molecular flexibility index (Phi) is 9.51. The fraction of sp³-hybridized carbons (Fsp3) is 0.750. The number of nitrogens with one attached hydrogen (secondary N) is 1. The van der Waals surface area contributed by atoms with Crippen molar-refractivity contribution in [3.8, 4) is 11.8 Å². The summed E-state index contributed by atoms with van der Waals surface area (Å²) >= 11 is 0. The summed E-state index contributed by atoms with van der Waals surface area (Å²) in [4.78, 5) is 27.5. The molecule has 7 N–H and O–H groups in total. The summed E-state index contributed by atoms with van der Waals surface area (Å²) in [6.45, 7) is 2.01. The number of aliphatic hydroxyl groups is 6. The smallest absolute Gasteiger partial charge is 0.331 e. The van der Waals surface area contributed by atoms with Gasteiger partial charge < -0.3 is 40.2 Å². The highest BCUT2D eigenvalue weighted by atomic mass is 16.5. The molecule has 17 atom stereocenters. The van der Waals surface area contributed by atoms with Gasteiger partial charge in [-0.2, -0.15) is 0 Å². The average molecular weight is 798 g/mol.